The molecule has 0 unspecified atom stereocenters. The molecule has 0 saturated heterocycles. The van der Waals surface area contributed by atoms with E-state index in [2.05, 4.69) is 39.0 Å². The number of benzene rings is 1. The highest BCUT2D eigenvalue weighted by atomic mass is 32.2. The molecule has 1 aliphatic carbocycles. The summed E-state index contributed by atoms with van der Waals surface area (Å²) in [5, 5.41) is 9.58. The molecule has 2 N–H and O–H groups in total. The van der Waals surface area contributed by atoms with Crippen molar-refractivity contribution < 1.29 is 4.79 Å². The van der Waals surface area contributed by atoms with Gasteiger partial charge in [-0.15, -0.1) is 10.2 Å². The summed E-state index contributed by atoms with van der Waals surface area (Å²) in [6, 6.07) is 11.1. The van der Waals surface area contributed by atoms with Gasteiger partial charge in [-0.3, -0.25) is 4.79 Å². The number of carbonyl (C=O) groups excluding carboxylic acids is 1. The smallest absolute Gasteiger partial charge is 0.217 e. The number of aryl methyl sites for hydroxylation is 2. The number of nitrogens with zero attached hydrogens (tertiary/aromatic N) is 3. The number of hydrogen-bond acceptors (Lipinski definition) is 4. The van der Waals surface area contributed by atoms with Crippen molar-refractivity contribution in [2.75, 3.05) is 5.75 Å². The molecule has 1 aromatic heterocycles. The Balaban J connectivity index is 1.54. The van der Waals surface area contributed by atoms with Crippen LogP contribution in [0, 0.1) is 0 Å². The molecule has 1 aromatic carbocycles. The van der Waals surface area contributed by atoms with Crippen molar-refractivity contribution in [3.63, 3.8) is 0 Å². The van der Waals surface area contributed by atoms with Crippen molar-refractivity contribution >= 4 is 17.7 Å². The second kappa shape index (κ2) is 7.64. The molecule has 1 amide bonds. The lowest BCUT2D eigenvalue weighted by atomic mass is 10.1. The summed E-state index contributed by atoms with van der Waals surface area (Å²) in [6.07, 6.45) is 5.48. The van der Waals surface area contributed by atoms with Crippen molar-refractivity contribution in [2.24, 2.45) is 5.73 Å². The molecular formula is C17H22N4OS. The first-order valence-corrected chi connectivity index (χ1v) is 9.11. The average Bonchev–Trinajstić information content (AvgIpc) is 3.31. The zero-order chi connectivity index (χ0) is 16.1. The molecule has 1 heterocycles. The molecule has 0 atom stereocenters. The minimum absolute atomic E-state index is 0.285. The van der Waals surface area contributed by atoms with Crippen LogP contribution in [-0.2, 0) is 17.6 Å². The highest BCUT2D eigenvalue weighted by molar-refractivity contribution is 7.99. The van der Waals surface area contributed by atoms with Gasteiger partial charge in [0.2, 0.25) is 5.91 Å². The van der Waals surface area contributed by atoms with Gasteiger partial charge in [0, 0.05) is 24.6 Å². The van der Waals surface area contributed by atoms with E-state index in [9.17, 15) is 4.79 Å². The van der Waals surface area contributed by atoms with E-state index in [0.717, 1.165) is 29.6 Å². The SMILES string of the molecule is NC(=O)CCc1nnc(SCCCc2ccccc2)n1C1CC1. The Bertz CT molecular complexity index is 652. The Morgan fingerprint density at radius 3 is 2.70 bits per heavy atom. The van der Waals surface area contributed by atoms with Crippen LogP contribution in [-0.4, -0.2) is 26.4 Å². The lowest BCUT2D eigenvalue weighted by Gasteiger charge is -2.08. The van der Waals surface area contributed by atoms with Crippen LogP contribution < -0.4 is 5.73 Å². The molecule has 0 bridgehead atoms. The van der Waals surface area contributed by atoms with Gasteiger partial charge in [-0.1, -0.05) is 42.1 Å². The maximum absolute atomic E-state index is 11.0. The van der Waals surface area contributed by atoms with Crippen LogP contribution in [0.5, 0.6) is 0 Å². The number of amides is 1. The highest BCUT2D eigenvalue weighted by Gasteiger charge is 2.29. The third-order valence-electron chi connectivity index (χ3n) is 3.93. The van der Waals surface area contributed by atoms with Crippen LogP contribution in [0.1, 0.15) is 43.1 Å². The molecule has 1 aliphatic rings. The Morgan fingerprint density at radius 1 is 1.22 bits per heavy atom. The summed E-state index contributed by atoms with van der Waals surface area (Å²) in [5.41, 5.74) is 6.61. The Hall–Kier alpha value is -1.82. The minimum Gasteiger partial charge on any atom is -0.370 e. The molecule has 1 saturated carbocycles. The first-order valence-electron chi connectivity index (χ1n) is 8.13. The molecule has 0 spiro atoms. The van der Waals surface area contributed by atoms with Crippen LogP contribution in [0.25, 0.3) is 0 Å². The second-order valence-corrected chi connectivity index (χ2v) is 6.97. The van der Waals surface area contributed by atoms with Crippen molar-refractivity contribution in [3.8, 4) is 0 Å². The van der Waals surface area contributed by atoms with Crippen LogP contribution in [0.4, 0.5) is 0 Å². The molecule has 0 radical (unpaired) electrons. The van der Waals surface area contributed by atoms with Crippen LogP contribution in [0.3, 0.4) is 0 Å². The zero-order valence-electron chi connectivity index (χ0n) is 13.1. The third-order valence-corrected chi connectivity index (χ3v) is 4.96. The van der Waals surface area contributed by atoms with Crippen LogP contribution in [0.15, 0.2) is 35.5 Å². The van der Waals surface area contributed by atoms with E-state index in [4.69, 9.17) is 5.73 Å². The second-order valence-electron chi connectivity index (χ2n) is 5.90. The van der Waals surface area contributed by atoms with Crippen molar-refractivity contribution in [1.82, 2.24) is 14.8 Å². The van der Waals surface area contributed by atoms with Gasteiger partial charge in [0.1, 0.15) is 5.82 Å². The van der Waals surface area contributed by atoms with Crippen molar-refractivity contribution in [2.45, 2.75) is 49.7 Å². The predicted octanol–water partition coefficient (Wildman–Crippen LogP) is 2.76. The van der Waals surface area contributed by atoms with Gasteiger partial charge in [0.15, 0.2) is 5.16 Å². The van der Waals surface area contributed by atoms with Gasteiger partial charge >= 0.3 is 0 Å². The molecule has 2 aromatic rings. The quantitative estimate of drug-likeness (QED) is 0.567. The summed E-state index contributed by atoms with van der Waals surface area (Å²) < 4.78 is 2.22. The summed E-state index contributed by atoms with van der Waals surface area (Å²) in [6.45, 7) is 0. The summed E-state index contributed by atoms with van der Waals surface area (Å²) >= 11 is 1.76. The van der Waals surface area contributed by atoms with Crippen molar-refractivity contribution in [1.29, 1.82) is 0 Å². The monoisotopic (exact) mass is 330 g/mol. The van der Waals surface area contributed by atoms with E-state index in [1.165, 1.54) is 18.4 Å². The van der Waals surface area contributed by atoms with E-state index < -0.39 is 0 Å². The van der Waals surface area contributed by atoms with Crippen LogP contribution in [0.2, 0.25) is 0 Å². The highest BCUT2D eigenvalue weighted by Crippen LogP contribution is 2.39. The van der Waals surface area contributed by atoms with E-state index in [1.807, 2.05) is 6.07 Å². The van der Waals surface area contributed by atoms with Crippen LogP contribution >= 0.6 is 11.8 Å². The van der Waals surface area contributed by atoms with E-state index in [1.54, 1.807) is 11.8 Å². The molecule has 23 heavy (non-hydrogen) atoms. The maximum Gasteiger partial charge on any atom is 0.217 e. The predicted molar refractivity (Wildman–Crippen MR) is 91.3 cm³/mol. The topological polar surface area (TPSA) is 73.8 Å². The minimum atomic E-state index is -0.285. The van der Waals surface area contributed by atoms with Gasteiger partial charge in [-0.05, 0) is 31.2 Å². The number of carbonyl (C=O) groups is 1. The number of thioether (sulfide) groups is 1. The van der Waals surface area contributed by atoms with Gasteiger partial charge in [0.05, 0.1) is 0 Å². The number of aromatic nitrogens is 3. The summed E-state index contributed by atoms with van der Waals surface area (Å²) in [5.74, 6) is 1.64. The van der Waals surface area contributed by atoms with Gasteiger partial charge in [0.25, 0.3) is 0 Å². The number of nitrogens with two attached hydrogens (primary N) is 1. The largest absolute Gasteiger partial charge is 0.370 e. The average molecular weight is 330 g/mol. The number of primary amides is 1. The molecule has 1 fully saturated rings. The van der Waals surface area contributed by atoms with Gasteiger partial charge < -0.3 is 10.3 Å². The fourth-order valence-electron chi connectivity index (χ4n) is 2.60. The maximum atomic E-state index is 11.0. The fraction of sp³-hybridized carbons (Fsp3) is 0.471. The molecule has 122 valence electrons. The Labute approximate surface area is 140 Å². The first kappa shape index (κ1) is 16.1. The Morgan fingerprint density at radius 2 is 2.00 bits per heavy atom. The molecule has 6 heteroatoms. The standard InChI is InChI=1S/C17H22N4OS/c18-15(22)10-11-16-19-20-17(21(16)14-8-9-14)23-12-4-7-13-5-2-1-3-6-13/h1-3,5-6,14H,4,7-12H2,(H2,18,22). The lowest BCUT2D eigenvalue weighted by Crippen LogP contribution is -2.13. The third kappa shape index (κ3) is 4.58. The lowest BCUT2D eigenvalue weighted by molar-refractivity contribution is -0.118. The fourth-order valence-corrected chi connectivity index (χ4v) is 3.56. The molecule has 5 nitrogen and oxygen atoms in total. The van der Waals surface area contributed by atoms with E-state index in [0.29, 0.717) is 18.9 Å². The molecule has 3 rings (SSSR count). The Kier molecular flexibility index (Phi) is 5.33. The van der Waals surface area contributed by atoms with E-state index in [-0.39, 0.29) is 5.91 Å². The van der Waals surface area contributed by atoms with Gasteiger partial charge in [-0.25, -0.2) is 0 Å². The molecular weight excluding hydrogens is 308 g/mol. The summed E-state index contributed by atoms with van der Waals surface area (Å²) in [7, 11) is 0. The zero-order valence-corrected chi connectivity index (χ0v) is 14.0. The number of rotatable bonds is 9. The summed E-state index contributed by atoms with van der Waals surface area (Å²) in [4.78, 5) is 11.0. The molecule has 0 aliphatic heterocycles. The van der Waals surface area contributed by atoms with Gasteiger partial charge in [-0.2, -0.15) is 0 Å². The number of hydrogen-bond donors (Lipinski definition) is 1. The van der Waals surface area contributed by atoms with Crippen molar-refractivity contribution in [3.05, 3.63) is 41.7 Å². The van der Waals surface area contributed by atoms with E-state index >= 15 is 0 Å². The first-order chi connectivity index (χ1) is 11.2. The normalized spacial score (nSPS) is 14.1.